The monoisotopic (exact) mass is 1160 g/mol. The SMILES string of the molecule is CC/C=C\C/C=C\C/C=C\C/C=C\C/C=C\C/C=C\CCCCCCCCCCCCCCCCCCC(=O)OCC(COC(=O)CCCCCCCCCCCCCC)OC(=O)CCCCCCCCC/C=C\C/C=C\CCCCCC. The highest BCUT2D eigenvalue weighted by molar-refractivity contribution is 5.71. The van der Waals surface area contributed by atoms with E-state index in [4.69, 9.17) is 14.2 Å². The van der Waals surface area contributed by atoms with Crippen molar-refractivity contribution in [1.29, 1.82) is 0 Å². The topological polar surface area (TPSA) is 78.9 Å². The van der Waals surface area contributed by atoms with E-state index in [1.54, 1.807) is 0 Å². The van der Waals surface area contributed by atoms with Gasteiger partial charge in [-0.05, 0) is 103 Å². The van der Waals surface area contributed by atoms with E-state index in [0.717, 1.165) is 109 Å². The molecular weight excluding hydrogens is 1020 g/mol. The van der Waals surface area contributed by atoms with Crippen molar-refractivity contribution in [3.8, 4) is 0 Å². The van der Waals surface area contributed by atoms with Crippen molar-refractivity contribution in [2.24, 2.45) is 0 Å². The quantitative estimate of drug-likeness (QED) is 0.0261. The second-order valence-corrected chi connectivity index (χ2v) is 23.8. The molecule has 478 valence electrons. The summed E-state index contributed by atoms with van der Waals surface area (Å²) in [5.41, 5.74) is 0. The van der Waals surface area contributed by atoms with Gasteiger partial charge in [-0.15, -0.1) is 0 Å². The standard InChI is InChI=1S/C77H134O6/c1-4-7-10-13-16-19-22-25-27-29-31-32-33-34-35-36-37-38-39-40-41-42-43-44-45-46-47-49-50-52-55-58-61-64-67-70-76(79)82-73-74(72-81-75(78)69-66-63-60-57-54-24-21-18-15-12-9-6-3)83-77(80)71-68-65-62-59-56-53-51-48-30-28-26-23-20-17-14-11-8-5-2/h7,10,16,19-20,23,25,27-28,30-32,34-35,37-38,74H,4-6,8-9,11-15,17-18,21-22,24,26,29,33,36,39-73H2,1-3H3/b10-7-,19-16-,23-20-,27-25-,30-28-,32-31-,35-34-,38-37-. The Hall–Kier alpha value is -3.67. The first-order chi connectivity index (χ1) is 41.0. The maximum absolute atomic E-state index is 12.9. The van der Waals surface area contributed by atoms with Crippen molar-refractivity contribution in [2.45, 2.75) is 361 Å². The highest BCUT2D eigenvalue weighted by Crippen LogP contribution is 2.17. The Morgan fingerprint density at radius 3 is 0.747 bits per heavy atom. The van der Waals surface area contributed by atoms with Gasteiger partial charge in [0.05, 0.1) is 0 Å². The predicted octanol–water partition coefficient (Wildman–Crippen LogP) is 24.8. The molecule has 0 aromatic rings. The second kappa shape index (κ2) is 70.8. The van der Waals surface area contributed by atoms with Crippen molar-refractivity contribution in [1.82, 2.24) is 0 Å². The van der Waals surface area contributed by atoms with Gasteiger partial charge >= 0.3 is 17.9 Å². The van der Waals surface area contributed by atoms with Gasteiger partial charge in [-0.1, -0.05) is 330 Å². The molecule has 0 aliphatic heterocycles. The lowest BCUT2D eigenvalue weighted by Crippen LogP contribution is -2.30. The molecule has 1 atom stereocenters. The molecule has 0 radical (unpaired) electrons. The molecule has 0 saturated heterocycles. The Bertz CT molecular complexity index is 1610. The summed E-state index contributed by atoms with van der Waals surface area (Å²) >= 11 is 0. The van der Waals surface area contributed by atoms with Crippen molar-refractivity contribution in [2.75, 3.05) is 13.2 Å². The first-order valence-corrected chi connectivity index (χ1v) is 35.7. The van der Waals surface area contributed by atoms with Crippen LogP contribution in [0.2, 0.25) is 0 Å². The fourth-order valence-corrected chi connectivity index (χ4v) is 10.2. The van der Waals surface area contributed by atoms with E-state index in [9.17, 15) is 14.4 Å². The maximum Gasteiger partial charge on any atom is 0.306 e. The molecule has 0 aliphatic rings. The third kappa shape index (κ3) is 69.0. The van der Waals surface area contributed by atoms with Crippen LogP contribution >= 0.6 is 0 Å². The third-order valence-corrected chi connectivity index (χ3v) is 15.6. The van der Waals surface area contributed by atoms with Crippen LogP contribution in [0.5, 0.6) is 0 Å². The van der Waals surface area contributed by atoms with E-state index in [-0.39, 0.29) is 31.1 Å². The summed E-state index contributed by atoms with van der Waals surface area (Å²) in [6, 6.07) is 0. The van der Waals surface area contributed by atoms with Crippen molar-refractivity contribution in [3.05, 3.63) is 97.2 Å². The minimum Gasteiger partial charge on any atom is -0.462 e. The van der Waals surface area contributed by atoms with Crippen LogP contribution in [0.3, 0.4) is 0 Å². The summed E-state index contributed by atoms with van der Waals surface area (Å²) in [6.07, 6.45) is 95.8. The molecule has 0 aromatic heterocycles. The molecule has 0 aromatic carbocycles. The van der Waals surface area contributed by atoms with Crippen LogP contribution in [0.15, 0.2) is 97.2 Å². The number of carbonyl (C=O) groups excluding carboxylic acids is 3. The Morgan fingerprint density at radius 1 is 0.253 bits per heavy atom. The molecule has 1 unspecified atom stereocenters. The average Bonchev–Trinajstić information content (AvgIpc) is 3.49. The van der Waals surface area contributed by atoms with Crippen LogP contribution in [-0.4, -0.2) is 37.2 Å². The van der Waals surface area contributed by atoms with Crippen LogP contribution in [0.1, 0.15) is 355 Å². The summed E-state index contributed by atoms with van der Waals surface area (Å²) in [4.78, 5) is 38.4. The molecule has 0 spiro atoms. The maximum atomic E-state index is 12.9. The molecule has 83 heavy (non-hydrogen) atoms. The van der Waals surface area contributed by atoms with Crippen LogP contribution < -0.4 is 0 Å². The molecule has 0 aliphatic carbocycles. The van der Waals surface area contributed by atoms with E-state index in [0.29, 0.717) is 19.3 Å². The van der Waals surface area contributed by atoms with E-state index >= 15 is 0 Å². The molecule has 0 bridgehead atoms. The zero-order valence-corrected chi connectivity index (χ0v) is 54.9. The molecule has 6 nitrogen and oxygen atoms in total. The first kappa shape index (κ1) is 79.3. The van der Waals surface area contributed by atoms with Gasteiger partial charge in [-0.3, -0.25) is 14.4 Å². The van der Waals surface area contributed by atoms with Crippen LogP contribution in [0, 0.1) is 0 Å². The molecule has 0 saturated carbocycles. The number of esters is 3. The molecule has 0 fully saturated rings. The second-order valence-electron chi connectivity index (χ2n) is 23.8. The number of ether oxygens (including phenoxy) is 3. The van der Waals surface area contributed by atoms with Crippen molar-refractivity contribution in [3.63, 3.8) is 0 Å². The van der Waals surface area contributed by atoms with E-state index in [1.165, 1.54) is 205 Å². The van der Waals surface area contributed by atoms with Gasteiger partial charge in [0.15, 0.2) is 6.10 Å². The number of rotatable bonds is 65. The number of hydrogen-bond donors (Lipinski definition) is 0. The van der Waals surface area contributed by atoms with E-state index in [1.807, 2.05) is 0 Å². The summed E-state index contributed by atoms with van der Waals surface area (Å²) in [6.45, 7) is 6.54. The van der Waals surface area contributed by atoms with Gasteiger partial charge in [0.25, 0.3) is 0 Å². The zero-order chi connectivity index (χ0) is 59.9. The highest BCUT2D eigenvalue weighted by atomic mass is 16.6. The highest BCUT2D eigenvalue weighted by Gasteiger charge is 2.19. The molecule has 6 heteroatoms. The Morgan fingerprint density at radius 2 is 0.470 bits per heavy atom. The predicted molar refractivity (Wildman–Crippen MR) is 362 cm³/mol. The lowest BCUT2D eigenvalue weighted by atomic mass is 10.0. The van der Waals surface area contributed by atoms with Gasteiger partial charge in [0, 0.05) is 19.3 Å². The van der Waals surface area contributed by atoms with Crippen LogP contribution in [-0.2, 0) is 28.6 Å². The normalized spacial score (nSPS) is 12.7. The molecule has 0 amide bonds. The number of unbranched alkanes of at least 4 members (excludes halogenated alkanes) is 38. The smallest absolute Gasteiger partial charge is 0.306 e. The van der Waals surface area contributed by atoms with Crippen molar-refractivity contribution >= 4 is 17.9 Å². The number of carbonyl (C=O) groups is 3. The summed E-state index contributed by atoms with van der Waals surface area (Å²) < 4.78 is 17.0. The fourth-order valence-electron chi connectivity index (χ4n) is 10.2. The lowest BCUT2D eigenvalue weighted by Gasteiger charge is -2.18. The fraction of sp³-hybridized carbons (Fsp3) is 0.753. The van der Waals surface area contributed by atoms with E-state index < -0.39 is 6.10 Å². The van der Waals surface area contributed by atoms with Gasteiger partial charge in [0.1, 0.15) is 13.2 Å². The van der Waals surface area contributed by atoms with Gasteiger partial charge in [-0.25, -0.2) is 0 Å². The number of allylic oxidation sites excluding steroid dienone is 16. The van der Waals surface area contributed by atoms with Gasteiger partial charge in [0.2, 0.25) is 0 Å². The lowest BCUT2D eigenvalue weighted by molar-refractivity contribution is -0.167. The largest absolute Gasteiger partial charge is 0.462 e. The van der Waals surface area contributed by atoms with Crippen molar-refractivity contribution < 1.29 is 28.6 Å². The first-order valence-electron chi connectivity index (χ1n) is 35.7. The minimum absolute atomic E-state index is 0.0750. The summed E-state index contributed by atoms with van der Waals surface area (Å²) in [5.74, 6) is -0.865. The zero-order valence-electron chi connectivity index (χ0n) is 54.9. The van der Waals surface area contributed by atoms with Crippen LogP contribution in [0.4, 0.5) is 0 Å². The Labute approximate surface area is 515 Å². The van der Waals surface area contributed by atoms with Gasteiger partial charge in [-0.2, -0.15) is 0 Å². The van der Waals surface area contributed by atoms with E-state index in [2.05, 4.69) is 118 Å². The number of hydrogen-bond acceptors (Lipinski definition) is 6. The summed E-state index contributed by atoms with van der Waals surface area (Å²) in [5, 5.41) is 0. The molecular formula is C77H134O6. The Balaban J connectivity index is 4.15. The third-order valence-electron chi connectivity index (χ3n) is 15.6. The van der Waals surface area contributed by atoms with Gasteiger partial charge < -0.3 is 14.2 Å². The molecule has 0 heterocycles. The summed E-state index contributed by atoms with van der Waals surface area (Å²) in [7, 11) is 0. The molecule has 0 N–H and O–H groups in total. The molecule has 0 rings (SSSR count). The minimum atomic E-state index is -0.779. The average molecular weight is 1160 g/mol. The Kier molecular flexibility index (Phi) is 67.7. The van der Waals surface area contributed by atoms with Crippen LogP contribution in [0.25, 0.3) is 0 Å².